The predicted molar refractivity (Wildman–Crippen MR) is 119 cm³/mol. The number of esters is 1. The number of ether oxygens (including phenoxy) is 2. The second-order valence-corrected chi connectivity index (χ2v) is 7.87. The van der Waals surface area contributed by atoms with Crippen LogP contribution < -0.4 is 10.1 Å². The van der Waals surface area contributed by atoms with Crippen LogP contribution in [0.5, 0.6) is 5.75 Å². The lowest BCUT2D eigenvalue weighted by atomic mass is 10.1. The summed E-state index contributed by atoms with van der Waals surface area (Å²) in [6.45, 7) is 7.79. The molecule has 0 saturated carbocycles. The Morgan fingerprint density at radius 1 is 1.03 bits per heavy atom. The number of amides is 2. The molecule has 0 fully saturated rings. The van der Waals surface area contributed by atoms with Gasteiger partial charge in [0.15, 0.2) is 6.61 Å². The quantitative estimate of drug-likeness (QED) is 0.620. The molecule has 0 saturated heterocycles. The maximum atomic E-state index is 12.3. The number of benzene rings is 2. The highest BCUT2D eigenvalue weighted by atomic mass is 16.5. The van der Waals surface area contributed by atoms with Gasteiger partial charge in [0, 0.05) is 12.7 Å². The number of hydrogen-bond acceptors (Lipinski definition) is 5. The first-order valence-electron chi connectivity index (χ1n) is 10.2. The van der Waals surface area contributed by atoms with Gasteiger partial charge in [-0.1, -0.05) is 38.1 Å². The van der Waals surface area contributed by atoms with E-state index in [0.717, 1.165) is 16.8 Å². The number of hydrogen-bond donors (Lipinski definition) is 1. The molecule has 0 unspecified atom stereocenters. The van der Waals surface area contributed by atoms with Crippen molar-refractivity contribution in [2.24, 2.45) is 5.92 Å². The monoisotopic (exact) mass is 426 g/mol. The molecule has 0 heterocycles. The van der Waals surface area contributed by atoms with Crippen LogP contribution in [-0.4, -0.2) is 49.5 Å². The predicted octanol–water partition coefficient (Wildman–Crippen LogP) is 3.59. The summed E-state index contributed by atoms with van der Waals surface area (Å²) in [5, 5.41) is 2.83. The van der Waals surface area contributed by atoms with E-state index in [9.17, 15) is 14.4 Å². The van der Waals surface area contributed by atoms with Gasteiger partial charge in [-0.3, -0.25) is 9.59 Å². The van der Waals surface area contributed by atoms with Gasteiger partial charge in [-0.25, -0.2) is 4.79 Å². The Bertz CT molecular complexity index is 919. The number of carbonyl (C=O) groups is 3. The molecule has 31 heavy (non-hydrogen) atoms. The second kappa shape index (κ2) is 11.2. The first kappa shape index (κ1) is 23.9. The number of aryl methyl sites for hydroxylation is 2. The Labute approximate surface area is 183 Å². The minimum atomic E-state index is -0.628. The Morgan fingerprint density at radius 3 is 2.32 bits per heavy atom. The second-order valence-electron chi connectivity index (χ2n) is 7.87. The first-order chi connectivity index (χ1) is 14.7. The average Bonchev–Trinajstić information content (AvgIpc) is 2.73. The van der Waals surface area contributed by atoms with Gasteiger partial charge in [0.1, 0.15) is 5.75 Å². The molecule has 7 heteroatoms. The Balaban J connectivity index is 1.85. The van der Waals surface area contributed by atoms with Gasteiger partial charge in [-0.2, -0.15) is 0 Å². The van der Waals surface area contributed by atoms with E-state index in [1.54, 1.807) is 24.3 Å². The molecule has 0 aliphatic rings. The van der Waals surface area contributed by atoms with Crippen LogP contribution in [0.1, 0.15) is 35.3 Å². The van der Waals surface area contributed by atoms with Gasteiger partial charge in [0.05, 0.1) is 18.7 Å². The van der Waals surface area contributed by atoms with Gasteiger partial charge in [-0.05, 0) is 49.1 Å². The maximum absolute atomic E-state index is 12.3. The van der Waals surface area contributed by atoms with Crippen LogP contribution in [0, 0.1) is 19.8 Å². The van der Waals surface area contributed by atoms with Gasteiger partial charge in [-0.15, -0.1) is 0 Å². The molecule has 2 aromatic rings. The molecule has 7 nitrogen and oxygen atoms in total. The van der Waals surface area contributed by atoms with Crippen molar-refractivity contribution in [1.29, 1.82) is 0 Å². The lowest BCUT2D eigenvalue weighted by Crippen LogP contribution is -2.37. The van der Waals surface area contributed by atoms with E-state index in [1.165, 1.54) is 11.9 Å². The SMILES string of the molecule is Cc1cccc(C)c1NC(=O)CN(C)C(=O)COC(=O)c1cccc(OCC(C)C)c1. The van der Waals surface area contributed by atoms with Crippen LogP contribution >= 0.6 is 0 Å². The van der Waals surface area contributed by atoms with Crippen molar-refractivity contribution in [3.05, 3.63) is 59.2 Å². The minimum Gasteiger partial charge on any atom is -0.493 e. The van der Waals surface area contributed by atoms with E-state index < -0.39 is 18.5 Å². The average molecular weight is 427 g/mol. The molecule has 0 aromatic heterocycles. The zero-order chi connectivity index (χ0) is 23.0. The molecule has 0 bridgehead atoms. The highest BCUT2D eigenvalue weighted by Crippen LogP contribution is 2.19. The number of anilines is 1. The summed E-state index contributed by atoms with van der Waals surface area (Å²) in [4.78, 5) is 38.1. The molecule has 166 valence electrons. The molecule has 2 rings (SSSR count). The van der Waals surface area contributed by atoms with Crippen LogP contribution in [0.2, 0.25) is 0 Å². The van der Waals surface area contributed by atoms with E-state index in [4.69, 9.17) is 9.47 Å². The standard InChI is InChI=1S/C24H30N2O5/c1-16(2)14-30-20-11-7-10-19(12-20)24(29)31-15-22(28)26(5)13-21(27)25-23-17(3)8-6-9-18(23)4/h6-12,16H,13-15H2,1-5H3,(H,25,27). The summed E-state index contributed by atoms with van der Waals surface area (Å²) in [7, 11) is 1.49. The number of nitrogens with zero attached hydrogens (tertiary/aromatic N) is 1. The van der Waals surface area contributed by atoms with Gasteiger partial charge >= 0.3 is 5.97 Å². The van der Waals surface area contributed by atoms with Crippen molar-refractivity contribution < 1.29 is 23.9 Å². The van der Waals surface area contributed by atoms with Gasteiger partial charge in [0.2, 0.25) is 5.91 Å². The van der Waals surface area contributed by atoms with Crippen molar-refractivity contribution >= 4 is 23.5 Å². The van der Waals surface area contributed by atoms with Crippen LogP contribution in [0.15, 0.2) is 42.5 Å². The van der Waals surface area contributed by atoms with Crippen LogP contribution in [0.25, 0.3) is 0 Å². The molecule has 0 radical (unpaired) electrons. The fourth-order valence-corrected chi connectivity index (χ4v) is 2.79. The topological polar surface area (TPSA) is 84.9 Å². The third-order valence-electron chi connectivity index (χ3n) is 4.53. The largest absolute Gasteiger partial charge is 0.493 e. The minimum absolute atomic E-state index is 0.150. The first-order valence-corrected chi connectivity index (χ1v) is 10.2. The number of nitrogens with one attached hydrogen (secondary N) is 1. The fraction of sp³-hybridized carbons (Fsp3) is 0.375. The van der Waals surface area contributed by atoms with Crippen molar-refractivity contribution in [3.8, 4) is 5.75 Å². The molecule has 0 aliphatic heterocycles. The number of para-hydroxylation sites is 1. The molecular weight excluding hydrogens is 396 g/mol. The normalized spacial score (nSPS) is 10.5. The maximum Gasteiger partial charge on any atom is 0.338 e. The summed E-state index contributed by atoms with van der Waals surface area (Å²) in [5.41, 5.74) is 2.91. The van der Waals surface area contributed by atoms with E-state index in [0.29, 0.717) is 23.8 Å². The zero-order valence-electron chi connectivity index (χ0n) is 18.7. The number of rotatable bonds is 9. The van der Waals surface area contributed by atoms with Crippen molar-refractivity contribution in [2.75, 3.05) is 32.1 Å². The highest BCUT2D eigenvalue weighted by molar-refractivity contribution is 5.96. The van der Waals surface area contributed by atoms with E-state index in [1.807, 2.05) is 45.9 Å². The Hall–Kier alpha value is -3.35. The smallest absolute Gasteiger partial charge is 0.338 e. The number of likely N-dealkylation sites (N-methyl/N-ethyl adjacent to an activating group) is 1. The molecule has 0 atom stereocenters. The van der Waals surface area contributed by atoms with Gasteiger partial charge < -0.3 is 19.7 Å². The summed E-state index contributed by atoms with van der Waals surface area (Å²) < 4.78 is 10.7. The van der Waals surface area contributed by atoms with Crippen LogP contribution in [-0.2, 0) is 14.3 Å². The summed E-state index contributed by atoms with van der Waals surface area (Å²) >= 11 is 0. The van der Waals surface area contributed by atoms with Crippen molar-refractivity contribution in [3.63, 3.8) is 0 Å². The van der Waals surface area contributed by atoms with E-state index >= 15 is 0 Å². The zero-order valence-corrected chi connectivity index (χ0v) is 18.7. The molecule has 0 aliphatic carbocycles. The Morgan fingerprint density at radius 2 is 1.68 bits per heavy atom. The molecule has 2 aromatic carbocycles. The Kier molecular flexibility index (Phi) is 8.61. The van der Waals surface area contributed by atoms with Gasteiger partial charge in [0.25, 0.3) is 5.91 Å². The van der Waals surface area contributed by atoms with Crippen molar-refractivity contribution in [2.45, 2.75) is 27.7 Å². The summed E-state index contributed by atoms with van der Waals surface area (Å²) in [5.74, 6) is -0.506. The lowest BCUT2D eigenvalue weighted by molar-refractivity contribution is -0.136. The fourth-order valence-electron chi connectivity index (χ4n) is 2.79. The van der Waals surface area contributed by atoms with E-state index in [2.05, 4.69) is 5.32 Å². The van der Waals surface area contributed by atoms with E-state index in [-0.39, 0.29) is 12.5 Å². The molecule has 1 N–H and O–H groups in total. The molecular formula is C24H30N2O5. The third kappa shape index (κ3) is 7.44. The summed E-state index contributed by atoms with van der Waals surface area (Å²) in [6.07, 6.45) is 0. The number of carbonyl (C=O) groups excluding carboxylic acids is 3. The third-order valence-corrected chi connectivity index (χ3v) is 4.53. The van der Waals surface area contributed by atoms with Crippen LogP contribution in [0.3, 0.4) is 0 Å². The van der Waals surface area contributed by atoms with Crippen LogP contribution in [0.4, 0.5) is 5.69 Å². The van der Waals surface area contributed by atoms with Crippen molar-refractivity contribution in [1.82, 2.24) is 4.90 Å². The summed E-state index contributed by atoms with van der Waals surface area (Å²) in [6, 6.07) is 12.3. The molecule has 0 spiro atoms. The molecule has 2 amide bonds. The highest BCUT2D eigenvalue weighted by Gasteiger charge is 2.17. The lowest BCUT2D eigenvalue weighted by Gasteiger charge is -2.18.